The standard InChI is InChI=1S/C15H18N2O2S/c1-11-8-13(12-6-4-3-5-7-12)20-14(11)9-17(2)10-15(18)16-19/h3-8,19H,9-10H2,1-2H3,(H,16,18). The van der Waals surface area contributed by atoms with Gasteiger partial charge in [0.15, 0.2) is 0 Å². The summed E-state index contributed by atoms with van der Waals surface area (Å²) in [6.45, 7) is 2.95. The first kappa shape index (κ1) is 14.7. The van der Waals surface area contributed by atoms with Crippen molar-refractivity contribution in [2.45, 2.75) is 13.5 Å². The molecule has 0 atom stereocenters. The minimum absolute atomic E-state index is 0.175. The Kier molecular flexibility index (Phi) is 4.89. The third-order valence-corrected chi connectivity index (χ3v) is 4.30. The van der Waals surface area contributed by atoms with Crippen molar-refractivity contribution in [2.75, 3.05) is 13.6 Å². The van der Waals surface area contributed by atoms with E-state index < -0.39 is 5.91 Å². The molecule has 0 saturated carbocycles. The van der Waals surface area contributed by atoms with Gasteiger partial charge < -0.3 is 0 Å². The second-order valence-corrected chi connectivity index (χ2v) is 5.93. The largest absolute Gasteiger partial charge is 0.292 e. The maximum absolute atomic E-state index is 11.1. The second-order valence-electron chi connectivity index (χ2n) is 4.79. The maximum atomic E-state index is 11.1. The van der Waals surface area contributed by atoms with Crippen LogP contribution in [0.15, 0.2) is 36.4 Å². The van der Waals surface area contributed by atoms with E-state index in [1.54, 1.807) is 16.8 Å². The number of carbonyl (C=O) groups excluding carboxylic acids is 1. The molecule has 5 heteroatoms. The fourth-order valence-electron chi connectivity index (χ4n) is 2.00. The normalized spacial score (nSPS) is 10.8. The number of nitrogens with zero attached hydrogens (tertiary/aromatic N) is 1. The molecule has 0 aliphatic carbocycles. The van der Waals surface area contributed by atoms with Crippen LogP contribution < -0.4 is 5.48 Å². The van der Waals surface area contributed by atoms with Gasteiger partial charge in [0, 0.05) is 16.3 Å². The van der Waals surface area contributed by atoms with Gasteiger partial charge in [-0.1, -0.05) is 30.3 Å². The topological polar surface area (TPSA) is 52.6 Å². The molecule has 1 aromatic carbocycles. The van der Waals surface area contributed by atoms with E-state index in [4.69, 9.17) is 5.21 Å². The van der Waals surface area contributed by atoms with E-state index in [-0.39, 0.29) is 6.54 Å². The number of nitrogens with one attached hydrogen (secondary N) is 1. The number of hydrogen-bond acceptors (Lipinski definition) is 4. The molecule has 0 fully saturated rings. The van der Waals surface area contributed by atoms with Crippen molar-refractivity contribution in [3.63, 3.8) is 0 Å². The highest BCUT2D eigenvalue weighted by atomic mass is 32.1. The molecule has 0 aliphatic rings. The lowest BCUT2D eigenvalue weighted by Crippen LogP contribution is -2.32. The van der Waals surface area contributed by atoms with E-state index in [0.717, 1.165) is 0 Å². The zero-order chi connectivity index (χ0) is 14.5. The fourth-order valence-corrected chi connectivity index (χ4v) is 3.26. The van der Waals surface area contributed by atoms with E-state index in [9.17, 15) is 4.79 Å². The van der Waals surface area contributed by atoms with Crippen LogP contribution in [-0.4, -0.2) is 29.6 Å². The van der Waals surface area contributed by atoms with Crippen LogP contribution >= 0.6 is 11.3 Å². The van der Waals surface area contributed by atoms with Gasteiger partial charge in [-0.3, -0.25) is 14.9 Å². The first-order valence-electron chi connectivity index (χ1n) is 6.36. The Balaban J connectivity index is 2.10. The number of hydroxylamine groups is 1. The van der Waals surface area contributed by atoms with Gasteiger partial charge in [0.05, 0.1) is 6.54 Å². The predicted molar refractivity (Wildman–Crippen MR) is 80.8 cm³/mol. The summed E-state index contributed by atoms with van der Waals surface area (Å²) in [5.74, 6) is -0.398. The molecular weight excluding hydrogens is 272 g/mol. The van der Waals surface area contributed by atoms with Gasteiger partial charge in [-0.25, -0.2) is 5.48 Å². The van der Waals surface area contributed by atoms with Crippen molar-refractivity contribution in [2.24, 2.45) is 0 Å². The molecule has 0 saturated heterocycles. The van der Waals surface area contributed by atoms with Crippen molar-refractivity contribution in [1.29, 1.82) is 0 Å². The summed E-state index contributed by atoms with van der Waals surface area (Å²) in [6, 6.07) is 12.4. The van der Waals surface area contributed by atoms with Gasteiger partial charge in [0.1, 0.15) is 0 Å². The lowest BCUT2D eigenvalue weighted by atomic mass is 10.1. The Morgan fingerprint density at radius 1 is 1.35 bits per heavy atom. The van der Waals surface area contributed by atoms with Crippen LogP contribution in [0.4, 0.5) is 0 Å². The Morgan fingerprint density at radius 3 is 2.70 bits per heavy atom. The van der Waals surface area contributed by atoms with Gasteiger partial charge in [-0.15, -0.1) is 11.3 Å². The first-order valence-corrected chi connectivity index (χ1v) is 7.18. The summed E-state index contributed by atoms with van der Waals surface area (Å²) >= 11 is 1.74. The van der Waals surface area contributed by atoms with E-state index in [1.807, 2.05) is 30.1 Å². The predicted octanol–water partition coefficient (Wildman–Crippen LogP) is 2.66. The molecule has 0 aliphatic heterocycles. The zero-order valence-corrected chi connectivity index (χ0v) is 12.4. The first-order chi connectivity index (χ1) is 9.60. The Morgan fingerprint density at radius 2 is 2.05 bits per heavy atom. The van der Waals surface area contributed by atoms with Crippen LogP contribution in [-0.2, 0) is 11.3 Å². The van der Waals surface area contributed by atoms with Crippen LogP contribution in [0.25, 0.3) is 10.4 Å². The molecule has 0 spiro atoms. The highest BCUT2D eigenvalue weighted by molar-refractivity contribution is 7.15. The highest BCUT2D eigenvalue weighted by Crippen LogP contribution is 2.31. The van der Waals surface area contributed by atoms with Crippen LogP contribution in [0.5, 0.6) is 0 Å². The molecule has 20 heavy (non-hydrogen) atoms. The number of likely N-dealkylation sites (N-methyl/N-ethyl adjacent to an activating group) is 1. The summed E-state index contributed by atoms with van der Waals surface area (Å²) in [4.78, 5) is 15.5. The fraction of sp³-hybridized carbons (Fsp3) is 0.267. The molecule has 1 amide bonds. The minimum atomic E-state index is -0.398. The summed E-state index contributed by atoms with van der Waals surface area (Å²) in [7, 11) is 1.86. The van der Waals surface area contributed by atoms with Gasteiger partial charge in [0.25, 0.3) is 5.91 Å². The van der Waals surface area contributed by atoms with Gasteiger partial charge >= 0.3 is 0 Å². The summed E-state index contributed by atoms with van der Waals surface area (Å²) in [5, 5.41) is 8.53. The molecule has 4 nitrogen and oxygen atoms in total. The van der Waals surface area contributed by atoms with Crippen LogP contribution in [0, 0.1) is 6.92 Å². The monoisotopic (exact) mass is 290 g/mol. The average Bonchev–Trinajstić information content (AvgIpc) is 2.81. The van der Waals surface area contributed by atoms with Crippen molar-refractivity contribution >= 4 is 17.2 Å². The number of carbonyl (C=O) groups is 1. The Hall–Kier alpha value is -1.69. The minimum Gasteiger partial charge on any atom is -0.292 e. The molecule has 1 aromatic heterocycles. The summed E-state index contributed by atoms with van der Waals surface area (Å²) in [6.07, 6.45) is 0. The second kappa shape index (κ2) is 6.65. The molecular formula is C15H18N2O2S. The van der Waals surface area contributed by atoms with Gasteiger partial charge in [-0.05, 0) is 31.2 Å². The third kappa shape index (κ3) is 3.66. The van der Waals surface area contributed by atoms with E-state index >= 15 is 0 Å². The third-order valence-electron chi connectivity index (χ3n) is 3.03. The number of rotatable bonds is 5. The Bertz CT molecular complexity index is 581. The molecule has 2 rings (SSSR count). The summed E-state index contributed by atoms with van der Waals surface area (Å²) in [5.41, 5.74) is 4.09. The quantitative estimate of drug-likeness (QED) is 0.657. The Labute approximate surface area is 122 Å². The van der Waals surface area contributed by atoms with Crippen molar-refractivity contribution < 1.29 is 10.0 Å². The lowest BCUT2D eigenvalue weighted by Gasteiger charge is -2.14. The lowest BCUT2D eigenvalue weighted by molar-refractivity contribution is -0.130. The molecule has 2 aromatic rings. The number of benzene rings is 1. The van der Waals surface area contributed by atoms with E-state index in [2.05, 4.69) is 25.1 Å². The number of amides is 1. The number of thiophene rings is 1. The van der Waals surface area contributed by atoms with Crippen molar-refractivity contribution in [3.8, 4) is 10.4 Å². The van der Waals surface area contributed by atoms with E-state index in [1.165, 1.54) is 20.9 Å². The smallest absolute Gasteiger partial charge is 0.257 e. The van der Waals surface area contributed by atoms with E-state index in [0.29, 0.717) is 6.54 Å². The zero-order valence-electron chi connectivity index (χ0n) is 11.6. The average molecular weight is 290 g/mol. The molecule has 1 heterocycles. The SMILES string of the molecule is Cc1cc(-c2ccccc2)sc1CN(C)CC(=O)NO. The molecule has 0 unspecified atom stereocenters. The van der Waals surface area contributed by atoms with Crippen LogP contribution in [0.2, 0.25) is 0 Å². The number of hydrogen-bond donors (Lipinski definition) is 2. The van der Waals surface area contributed by atoms with Crippen LogP contribution in [0.1, 0.15) is 10.4 Å². The maximum Gasteiger partial charge on any atom is 0.257 e. The van der Waals surface area contributed by atoms with Gasteiger partial charge in [0.2, 0.25) is 0 Å². The molecule has 106 valence electrons. The van der Waals surface area contributed by atoms with Crippen LogP contribution in [0.3, 0.4) is 0 Å². The molecule has 2 N–H and O–H groups in total. The molecule has 0 bridgehead atoms. The van der Waals surface area contributed by atoms with Crippen molar-refractivity contribution in [3.05, 3.63) is 46.8 Å². The van der Waals surface area contributed by atoms with Crippen molar-refractivity contribution in [1.82, 2.24) is 10.4 Å². The summed E-state index contributed by atoms with van der Waals surface area (Å²) < 4.78 is 0. The van der Waals surface area contributed by atoms with Gasteiger partial charge in [-0.2, -0.15) is 0 Å². The highest BCUT2D eigenvalue weighted by Gasteiger charge is 2.11. The molecule has 0 radical (unpaired) electrons. The number of aryl methyl sites for hydroxylation is 1.